The number of aromatic nitrogens is 2. The van der Waals surface area contributed by atoms with Gasteiger partial charge in [-0.3, -0.25) is 0 Å². The fourth-order valence-electron chi connectivity index (χ4n) is 3.11. The molecule has 7 heteroatoms. The van der Waals surface area contributed by atoms with E-state index >= 15 is 0 Å². The molecule has 1 fully saturated rings. The van der Waals surface area contributed by atoms with Crippen LogP contribution in [-0.2, 0) is 0 Å². The fourth-order valence-corrected chi connectivity index (χ4v) is 3.11. The van der Waals surface area contributed by atoms with Crippen LogP contribution >= 0.6 is 0 Å². The molecule has 0 saturated heterocycles. The van der Waals surface area contributed by atoms with Crippen LogP contribution in [0.1, 0.15) is 44.1 Å². The van der Waals surface area contributed by atoms with Crippen molar-refractivity contribution in [3.05, 3.63) is 36.0 Å². The second kappa shape index (κ2) is 7.71. The molecular formula is C18H22N6O. The van der Waals surface area contributed by atoms with Crippen LogP contribution in [0.2, 0.25) is 0 Å². The van der Waals surface area contributed by atoms with Crippen LogP contribution in [0.25, 0.3) is 5.69 Å². The molecule has 1 aromatic carbocycles. The molecular weight excluding hydrogens is 316 g/mol. The minimum absolute atomic E-state index is 0.176. The summed E-state index contributed by atoms with van der Waals surface area (Å²) >= 11 is 0. The third-order valence-corrected chi connectivity index (χ3v) is 4.49. The number of amides is 2. The zero-order valence-electron chi connectivity index (χ0n) is 14.0. The Morgan fingerprint density at radius 2 is 1.88 bits per heavy atom. The summed E-state index contributed by atoms with van der Waals surface area (Å²) in [5.74, 6) is 0.300. The number of carbonyl (C=O) groups is 1. The van der Waals surface area contributed by atoms with Crippen molar-refractivity contribution in [2.24, 2.45) is 0 Å². The summed E-state index contributed by atoms with van der Waals surface area (Å²) in [4.78, 5) is 12.1. The monoisotopic (exact) mass is 338 g/mol. The van der Waals surface area contributed by atoms with Crippen molar-refractivity contribution in [1.82, 2.24) is 15.1 Å². The van der Waals surface area contributed by atoms with Crippen molar-refractivity contribution in [3.63, 3.8) is 0 Å². The minimum Gasteiger partial charge on any atom is -0.382 e. The van der Waals surface area contributed by atoms with Gasteiger partial charge in [0.2, 0.25) is 0 Å². The molecule has 0 unspecified atom stereocenters. The third kappa shape index (κ3) is 4.10. The molecule has 7 nitrogen and oxygen atoms in total. The lowest BCUT2D eigenvalue weighted by Crippen LogP contribution is -2.37. The zero-order chi connectivity index (χ0) is 17.6. The van der Waals surface area contributed by atoms with Crippen LogP contribution in [0.5, 0.6) is 0 Å². The standard InChI is InChI=1S/C18H22N6O/c19-11-13-12-21-24(17(13)20)16-9-7-15(8-10-16)23-18(25)22-14-5-3-1-2-4-6-14/h7-10,12,14H,1-6,20H2,(H2,22,23,25). The van der Waals surface area contributed by atoms with Gasteiger partial charge < -0.3 is 16.4 Å². The third-order valence-electron chi connectivity index (χ3n) is 4.49. The summed E-state index contributed by atoms with van der Waals surface area (Å²) in [6.07, 6.45) is 8.39. The SMILES string of the molecule is N#Cc1cnn(-c2ccc(NC(=O)NC3CCCCCC3)cc2)c1N. The second-order valence-electron chi connectivity index (χ2n) is 6.30. The molecule has 1 aromatic heterocycles. The van der Waals surface area contributed by atoms with Gasteiger partial charge in [-0.2, -0.15) is 10.4 Å². The maximum Gasteiger partial charge on any atom is 0.319 e. The quantitative estimate of drug-likeness (QED) is 0.747. The highest BCUT2D eigenvalue weighted by Gasteiger charge is 2.15. The average Bonchev–Trinajstić information content (AvgIpc) is 2.81. The number of hydrogen-bond donors (Lipinski definition) is 3. The number of urea groups is 1. The van der Waals surface area contributed by atoms with Gasteiger partial charge in [0, 0.05) is 11.7 Å². The molecule has 0 bridgehead atoms. The number of carbonyl (C=O) groups excluding carboxylic acids is 1. The molecule has 1 saturated carbocycles. The van der Waals surface area contributed by atoms with Gasteiger partial charge in [-0.1, -0.05) is 25.7 Å². The number of nitrogens with zero attached hydrogens (tertiary/aromatic N) is 3. The Balaban J connectivity index is 1.61. The molecule has 0 aliphatic heterocycles. The van der Waals surface area contributed by atoms with E-state index in [1.54, 1.807) is 24.3 Å². The highest BCUT2D eigenvalue weighted by molar-refractivity contribution is 5.89. The topological polar surface area (TPSA) is 109 Å². The number of benzene rings is 1. The van der Waals surface area contributed by atoms with E-state index < -0.39 is 0 Å². The Morgan fingerprint density at radius 3 is 2.48 bits per heavy atom. The summed E-state index contributed by atoms with van der Waals surface area (Å²) in [6.45, 7) is 0. The van der Waals surface area contributed by atoms with E-state index in [4.69, 9.17) is 11.0 Å². The summed E-state index contributed by atoms with van der Waals surface area (Å²) in [5, 5.41) is 18.9. The van der Waals surface area contributed by atoms with E-state index in [0.717, 1.165) is 18.5 Å². The first-order valence-corrected chi connectivity index (χ1v) is 8.59. The van der Waals surface area contributed by atoms with Crippen LogP contribution in [0, 0.1) is 11.3 Å². The number of nitrogen functional groups attached to an aromatic ring is 1. The van der Waals surface area contributed by atoms with Gasteiger partial charge in [0.05, 0.1) is 11.9 Å². The van der Waals surface area contributed by atoms with Crippen LogP contribution < -0.4 is 16.4 Å². The Morgan fingerprint density at radius 1 is 1.20 bits per heavy atom. The van der Waals surface area contributed by atoms with Gasteiger partial charge in [0.25, 0.3) is 0 Å². The van der Waals surface area contributed by atoms with Crippen LogP contribution in [-0.4, -0.2) is 21.9 Å². The molecule has 1 heterocycles. The number of hydrogen-bond acceptors (Lipinski definition) is 4. The lowest BCUT2D eigenvalue weighted by atomic mass is 10.1. The highest BCUT2D eigenvalue weighted by atomic mass is 16.2. The van der Waals surface area contributed by atoms with Gasteiger partial charge in [-0.25, -0.2) is 9.48 Å². The first-order valence-electron chi connectivity index (χ1n) is 8.59. The van der Waals surface area contributed by atoms with Crippen molar-refractivity contribution < 1.29 is 4.79 Å². The fraction of sp³-hybridized carbons (Fsp3) is 0.389. The molecule has 25 heavy (non-hydrogen) atoms. The Labute approximate surface area is 146 Å². The number of nitrogens with two attached hydrogens (primary N) is 1. The second-order valence-corrected chi connectivity index (χ2v) is 6.30. The summed E-state index contributed by atoms with van der Waals surface area (Å²) in [5.41, 5.74) is 7.64. The normalized spacial score (nSPS) is 15.2. The highest BCUT2D eigenvalue weighted by Crippen LogP contribution is 2.19. The summed E-state index contributed by atoms with van der Waals surface area (Å²) in [7, 11) is 0. The van der Waals surface area contributed by atoms with Crippen molar-refractivity contribution in [1.29, 1.82) is 5.26 Å². The molecule has 3 rings (SSSR count). The van der Waals surface area contributed by atoms with E-state index in [-0.39, 0.29) is 12.1 Å². The predicted octanol–water partition coefficient (Wildman–Crippen LogP) is 3.17. The molecule has 2 aromatic rings. The van der Waals surface area contributed by atoms with E-state index in [0.29, 0.717) is 17.1 Å². The van der Waals surface area contributed by atoms with Crippen molar-refractivity contribution in [2.75, 3.05) is 11.1 Å². The maximum absolute atomic E-state index is 12.1. The van der Waals surface area contributed by atoms with Crippen molar-refractivity contribution >= 4 is 17.5 Å². The van der Waals surface area contributed by atoms with Crippen LogP contribution in [0.3, 0.4) is 0 Å². The molecule has 0 spiro atoms. The number of nitrogens with one attached hydrogen (secondary N) is 2. The molecule has 1 aliphatic rings. The predicted molar refractivity (Wildman–Crippen MR) is 96.3 cm³/mol. The first kappa shape index (κ1) is 16.8. The minimum atomic E-state index is -0.176. The molecule has 2 amide bonds. The van der Waals surface area contributed by atoms with Crippen molar-refractivity contribution in [2.45, 2.75) is 44.6 Å². The molecule has 4 N–H and O–H groups in total. The maximum atomic E-state index is 12.1. The summed E-state index contributed by atoms with van der Waals surface area (Å²) < 4.78 is 1.49. The van der Waals surface area contributed by atoms with Gasteiger partial charge in [0.1, 0.15) is 17.5 Å². The van der Waals surface area contributed by atoms with Gasteiger partial charge in [-0.15, -0.1) is 0 Å². The Hall–Kier alpha value is -3.01. The van der Waals surface area contributed by atoms with E-state index in [1.165, 1.54) is 36.6 Å². The number of nitriles is 1. The molecule has 1 aliphatic carbocycles. The Bertz CT molecular complexity index is 766. The van der Waals surface area contributed by atoms with E-state index in [2.05, 4.69) is 15.7 Å². The van der Waals surface area contributed by atoms with E-state index in [1.807, 2.05) is 6.07 Å². The molecule has 130 valence electrons. The lowest BCUT2D eigenvalue weighted by Gasteiger charge is -2.16. The zero-order valence-corrected chi connectivity index (χ0v) is 14.0. The Kier molecular flexibility index (Phi) is 5.19. The number of rotatable bonds is 3. The molecule has 0 radical (unpaired) electrons. The van der Waals surface area contributed by atoms with Crippen molar-refractivity contribution in [3.8, 4) is 11.8 Å². The van der Waals surface area contributed by atoms with Gasteiger partial charge in [0.15, 0.2) is 0 Å². The summed E-state index contributed by atoms with van der Waals surface area (Å²) in [6, 6.07) is 9.24. The smallest absolute Gasteiger partial charge is 0.319 e. The van der Waals surface area contributed by atoms with E-state index in [9.17, 15) is 4.79 Å². The van der Waals surface area contributed by atoms with Crippen LogP contribution in [0.15, 0.2) is 30.5 Å². The first-order chi connectivity index (χ1) is 12.2. The largest absolute Gasteiger partial charge is 0.382 e. The average molecular weight is 338 g/mol. The van der Waals surface area contributed by atoms with Gasteiger partial charge >= 0.3 is 6.03 Å². The van der Waals surface area contributed by atoms with Crippen LogP contribution in [0.4, 0.5) is 16.3 Å². The molecule has 0 atom stereocenters. The van der Waals surface area contributed by atoms with Gasteiger partial charge in [-0.05, 0) is 37.1 Å². The lowest BCUT2D eigenvalue weighted by molar-refractivity contribution is 0.247. The number of anilines is 2.